The zero-order valence-corrected chi connectivity index (χ0v) is 7.76. The first-order valence-corrected chi connectivity index (χ1v) is 4.00. The van der Waals surface area contributed by atoms with Crippen LogP contribution in [-0.2, 0) is 5.72 Å². The zero-order chi connectivity index (χ0) is 9.35. The Hall–Kier alpha value is -0.860. The maximum absolute atomic E-state index is 9.54. The normalized spacial score (nSPS) is 15.8. The number of hydrogen-bond acceptors (Lipinski definition) is 2. The van der Waals surface area contributed by atoms with E-state index in [-0.39, 0.29) is 0 Å². The van der Waals surface area contributed by atoms with Crippen LogP contribution in [-0.4, -0.2) is 5.11 Å². The molecule has 0 aromatic heterocycles. The van der Waals surface area contributed by atoms with E-state index >= 15 is 0 Å². The predicted molar refractivity (Wildman–Crippen MR) is 49.7 cm³/mol. The van der Waals surface area contributed by atoms with E-state index in [9.17, 15) is 5.11 Å². The molecule has 0 amide bonds. The lowest BCUT2D eigenvalue weighted by molar-refractivity contribution is 0.0640. The molecule has 1 rings (SSSR count). The average Bonchev–Trinajstić information content (AvgIpc) is 1.83. The second-order valence-corrected chi connectivity index (χ2v) is 3.47. The Morgan fingerprint density at radius 1 is 1.33 bits per heavy atom. The highest BCUT2D eigenvalue weighted by Gasteiger charge is 2.18. The van der Waals surface area contributed by atoms with E-state index in [1.54, 1.807) is 6.92 Å². The van der Waals surface area contributed by atoms with Gasteiger partial charge in [0.05, 0.1) is 0 Å². The van der Waals surface area contributed by atoms with E-state index in [2.05, 4.69) is 0 Å². The molecule has 0 aliphatic carbocycles. The molecule has 0 spiro atoms. The van der Waals surface area contributed by atoms with Gasteiger partial charge < -0.3 is 10.8 Å². The smallest absolute Gasteiger partial charge is 0.137 e. The quantitative estimate of drug-likeness (QED) is 0.618. The summed E-state index contributed by atoms with van der Waals surface area (Å²) in [6.45, 7) is 5.55. The minimum Gasteiger partial charge on any atom is -0.372 e. The van der Waals surface area contributed by atoms with Gasteiger partial charge >= 0.3 is 0 Å². The van der Waals surface area contributed by atoms with Crippen molar-refractivity contribution in [3.05, 3.63) is 34.9 Å². The molecule has 1 aromatic rings. The van der Waals surface area contributed by atoms with Crippen LogP contribution >= 0.6 is 0 Å². The van der Waals surface area contributed by atoms with Crippen molar-refractivity contribution in [1.29, 1.82) is 0 Å². The van der Waals surface area contributed by atoms with Gasteiger partial charge in [-0.2, -0.15) is 0 Å². The van der Waals surface area contributed by atoms with Gasteiger partial charge in [-0.25, -0.2) is 0 Å². The number of rotatable bonds is 1. The molecule has 0 radical (unpaired) electrons. The van der Waals surface area contributed by atoms with Crippen molar-refractivity contribution < 1.29 is 5.11 Å². The van der Waals surface area contributed by atoms with Gasteiger partial charge in [-0.15, -0.1) is 0 Å². The molecule has 2 nitrogen and oxygen atoms in total. The van der Waals surface area contributed by atoms with Crippen LogP contribution in [0, 0.1) is 13.8 Å². The first kappa shape index (κ1) is 9.23. The number of benzene rings is 1. The zero-order valence-electron chi connectivity index (χ0n) is 7.76. The van der Waals surface area contributed by atoms with Crippen LogP contribution in [0.2, 0.25) is 0 Å². The lowest BCUT2D eigenvalue weighted by atomic mass is 9.98. The third kappa shape index (κ3) is 1.84. The minimum absolute atomic E-state index is 0.785. The van der Waals surface area contributed by atoms with Crippen LogP contribution in [0.5, 0.6) is 0 Å². The first-order valence-electron chi connectivity index (χ1n) is 4.00. The number of nitrogens with two attached hydrogens (primary N) is 1. The summed E-state index contributed by atoms with van der Waals surface area (Å²) in [5.74, 6) is 0. The Morgan fingerprint density at radius 3 is 2.33 bits per heavy atom. The third-order valence-electron chi connectivity index (χ3n) is 1.93. The van der Waals surface area contributed by atoms with Crippen molar-refractivity contribution in [2.75, 3.05) is 0 Å². The molecule has 0 heterocycles. The monoisotopic (exact) mass is 165 g/mol. The van der Waals surface area contributed by atoms with Gasteiger partial charge in [-0.3, -0.25) is 0 Å². The van der Waals surface area contributed by atoms with Crippen molar-refractivity contribution in [3.8, 4) is 0 Å². The maximum atomic E-state index is 9.54. The van der Waals surface area contributed by atoms with Gasteiger partial charge in [0.2, 0.25) is 0 Å². The summed E-state index contributed by atoms with van der Waals surface area (Å²) in [5, 5.41) is 9.54. The molecule has 2 heteroatoms. The summed E-state index contributed by atoms with van der Waals surface area (Å²) in [6.07, 6.45) is 0. The van der Waals surface area contributed by atoms with E-state index in [0.29, 0.717) is 0 Å². The number of hydrogen-bond donors (Lipinski definition) is 2. The topological polar surface area (TPSA) is 46.2 Å². The molecule has 12 heavy (non-hydrogen) atoms. The first-order chi connectivity index (χ1) is 5.41. The fourth-order valence-electron chi connectivity index (χ4n) is 1.38. The van der Waals surface area contributed by atoms with E-state index in [1.807, 2.05) is 32.0 Å². The van der Waals surface area contributed by atoms with Crippen molar-refractivity contribution >= 4 is 0 Å². The summed E-state index contributed by atoms with van der Waals surface area (Å²) in [4.78, 5) is 0. The van der Waals surface area contributed by atoms with Gasteiger partial charge in [0.25, 0.3) is 0 Å². The number of aliphatic hydroxyl groups is 1. The minimum atomic E-state index is -1.22. The van der Waals surface area contributed by atoms with Crippen LogP contribution in [0.3, 0.4) is 0 Å². The van der Waals surface area contributed by atoms with E-state index < -0.39 is 5.72 Å². The molecule has 0 saturated heterocycles. The Kier molecular flexibility index (Phi) is 2.22. The van der Waals surface area contributed by atoms with E-state index in [4.69, 9.17) is 5.73 Å². The number of aryl methyl sites for hydroxylation is 2. The lowest BCUT2D eigenvalue weighted by Gasteiger charge is -2.20. The molecule has 3 N–H and O–H groups in total. The molecular weight excluding hydrogens is 150 g/mol. The molecule has 1 unspecified atom stereocenters. The Bertz CT molecular complexity index is 286. The van der Waals surface area contributed by atoms with E-state index in [1.165, 1.54) is 5.56 Å². The van der Waals surface area contributed by atoms with Crippen LogP contribution < -0.4 is 5.73 Å². The molecule has 0 aliphatic rings. The molecule has 0 saturated carbocycles. The Labute approximate surface area is 73.0 Å². The van der Waals surface area contributed by atoms with Gasteiger partial charge in [-0.1, -0.05) is 23.8 Å². The summed E-state index contributed by atoms with van der Waals surface area (Å²) in [7, 11) is 0. The van der Waals surface area contributed by atoms with Gasteiger partial charge in [0.1, 0.15) is 5.72 Å². The highest BCUT2D eigenvalue weighted by Crippen LogP contribution is 2.19. The molecule has 0 aliphatic heterocycles. The maximum Gasteiger partial charge on any atom is 0.137 e. The summed E-state index contributed by atoms with van der Waals surface area (Å²) in [5.41, 5.74) is 7.34. The van der Waals surface area contributed by atoms with Crippen molar-refractivity contribution in [3.63, 3.8) is 0 Å². The SMILES string of the molecule is Cc1ccc(C(C)(N)O)c(C)c1. The molecule has 66 valence electrons. The fourth-order valence-corrected chi connectivity index (χ4v) is 1.38. The molecule has 0 bridgehead atoms. The summed E-state index contributed by atoms with van der Waals surface area (Å²) in [6, 6.07) is 5.82. The molecule has 0 fully saturated rings. The van der Waals surface area contributed by atoms with Gasteiger partial charge in [0, 0.05) is 5.56 Å². The van der Waals surface area contributed by atoms with Crippen molar-refractivity contribution in [2.24, 2.45) is 5.73 Å². The second kappa shape index (κ2) is 2.88. The third-order valence-corrected chi connectivity index (χ3v) is 1.93. The summed E-state index contributed by atoms with van der Waals surface area (Å²) >= 11 is 0. The molecule has 1 atom stereocenters. The summed E-state index contributed by atoms with van der Waals surface area (Å²) < 4.78 is 0. The van der Waals surface area contributed by atoms with Crippen LogP contribution in [0.15, 0.2) is 18.2 Å². The largest absolute Gasteiger partial charge is 0.372 e. The van der Waals surface area contributed by atoms with Crippen molar-refractivity contribution in [2.45, 2.75) is 26.5 Å². The average molecular weight is 165 g/mol. The van der Waals surface area contributed by atoms with Crippen LogP contribution in [0.4, 0.5) is 0 Å². The predicted octanol–water partition coefficient (Wildman–Crippen LogP) is 1.43. The standard InChI is InChI=1S/C10H15NO/c1-7-4-5-9(8(2)6-7)10(3,11)12/h4-6,12H,11H2,1-3H3. The highest BCUT2D eigenvalue weighted by molar-refractivity contribution is 5.33. The van der Waals surface area contributed by atoms with E-state index in [0.717, 1.165) is 11.1 Å². The van der Waals surface area contributed by atoms with Gasteiger partial charge in [0.15, 0.2) is 0 Å². The molecule has 1 aromatic carbocycles. The highest BCUT2D eigenvalue weighted by atomic mass is 16.3. The van der Waals surface area contributed by atoms with Crippen LogP contribution in [0.25, 0.3) is 0 Å². The Balaban J connectivity index is 3.19. The van der Waals surface area contributed by atoms with Crippen molar-refractivity contribution in [1.82, 2.24) is 0 Å². The van der Waals surface area contributed by atoms with Gasteiger partial charge in [-0.05, 0) is 26.3 Å². The second-order valence-electron chi connectivity index (χ2n) is 3.47. The molecular formula is C10H15NO. The van der Waals surface area contributed by atoms with Crippen LogP contribution in [0.1, 0.15) is 23.6 Å². The lowest BCUT2D eigenvalue weighted by Crippen LogP contribution is -2.33. The fraction of sp³-hybridized carbons (Fsp3) is 0.400. The Morgan fingerprint density at radius 2 is 1.92 bits per heavy atom.